The van der Waals surface area contributed by atoms with Crippen molar-refractivity contribution in [1.82, 2.24) is 15.2 Å². The van der Waals surface area contributed by atoms with Crippen LogP contribution in [0.4, 0.5) is 4.39 Å². The molecule has 1 aromatic carbocycles. The van der Waals surface area contributed by atoms with E-state index in [-0.39, 0.29) is 0 Å². The maximum Gasteiger partial charge on any atom is 0.155 e. The predicted octanol–water partition coefficient (Wildman–Crippen LogP) is 7.72. The molecule has 4 heteroatoms. The number of hydrogen-bond acceptors (Lipinski definition) is 3. The van der Waals surface area contributed by atoms with E-state index in [1.165, 1.54) is 48.1 Å². The van der Waals surface area contributed by atoms with Gasteiger partial charge in [0.25, 0.3) is 0 Å². The first kappa shape index (κ1) is 26.6. The molecule has 2 unspecified atom stereocenters. The Morgan fingerprint density at radius 2 is 1.89 bits per heavy atom. The second kappa shape index (κ2) is 11.7. The van der Waals surface area contributed by atoms with E-state index in [2.05, 4.69) is 73.7 Å². The van der Waals surface area contributed by atoms with Crippen molar-refractivity contribution in [1.29, 1.82) is 0 Å². The Balaban J connectivity index is 1.54. The lowest BCUT2D eigenvalue weighted by Crippen LogP contribution is -2.41. The van der Waals surface area contributed by atoms with Crippen LogP contribution in [0.3, 0.4) is 0 Å². The first-order chi connectivity index (χ1) is 17.3. The monoisotopic (exact) mass is 489 g/mol. The standard InChI is InChI=1S/C32H44FN3/c1-6-9-30-27(8-3)10-11-28(35-30)21-29-26(7-2)12-15-34-31(29)32(33)13-16-36(17-14-32)22-25-19-23(4)18-24(5)20-25/h7,12,15,18-21,27,30,35H,2,6,8-11,13-14,16-17,22H2,1,3-5H3/b28-21+. The van der Waals surface area contributed by atoms with E-state index in [9.17, 15) is 0 Å². The molecule has 194 valence electrons. The van der Waals surface area contributed by atoms with Crippen molar-refractivity contribution >= 4 is 12.2 Å². The zero-order chi connectivity index (χ0) is 25.7. The molecule has 1 N–H and O–H groups in total. The highest BCUT2D eigenvalue weighted by Crippen LogP contribution is 2.40. The van der Waals surface area contributed by atoms with Crippen LogP contribution in [-0.4, -0.2) is 29.0 Å². The first-order valence-electron chi connectivity index (χ1n) is 13.9. The summed E-state index contributed by atoms with van der Waals surface area (Å²) in [6, 6.07) is 9.16. The van der Waals surface area contributed by atoms with Gasteiger partial charge in [-0.05, 0) is 75.1 Å². The zero-order valence-corrected chi connectivity index (χ0v) is 22.7. The number of nitrogens with zero attached hydrogens (tertiary/aromatic N) is 2. The van der Waals surface area contributed by atoms with Gasteiger partial charge in [-0.15, -0.1) is 0 Å². The fourth-order valence-electron chi connectivity index (χ4n) is 6.26. The van der Waals surface area contributed by atoms with Crippen molar-refractivity contribution in [3.05, 3.63) is 76.2 Å². The lowest BCUT2D eigenvalue weighted by molar-refractivity contribution is 0.0488. The minimum Gasteiger partial charge on any atom is -0.385 e. The van der Waals surface area contributed by atoms with Crippen molar-refractivity contribution in [2.75, 3.05) is 13.1 Å². The minimum absolute atomic E-state index is 0.464. The summed E-state index contributed by atoms with van der Waals surface area (Å²) in [5.74, 6) is 0.711. The van der Waals surface area contributed by atoms with Gasteiger partial charge in [0.05, 0.1) is 5.69 Å². The Hall–Kier alpha value is -2.46. The first-order valence-corrected chi connectivity index (χ1v) is 13.9. The number of pyridine rings is 1. The molecule has 0 bridgehead atoms. The maximum absolute atomic E-state index is 16.6. The fourth-order valence-corrected chi connectivity index (χ4v) is 6.26. The minimum atomic E-state index is -1.42. The molecule has 3 nitrogen and oxygen atoms in total. The molecule has 0 radical (unpaired) electrons. The highest BCUT2D eigenvalue weighted by atomic mass is 19.1. The SMILES string of the molecule is C=Cc1ccnc(C2(F)CCN(Cc3cc(C)cc(C)c3)CC2)c1/C=C1\CCC(CC)C(CCC)N1. The van der Waals surface area contributed by atoms with Crippen LogP contribution in [0, 0.1) is 19.8 Å². The van der Waals surface area contributed by atoms with Gasteiger partial charge in [0.1, 0.15) is 0 Å². The van der Waals surface area contributed by atoms with E-state index < -0.39 is 5.67 Å². The summed E-state index contributed by atoms with van der Waals surface area (Å²) in [5.41, 5.74) is 6.13. The summed E-state index contributed by atoms with van der Waals surface area (Å²) in [7, 11) is 0. The topological polar surface area (TPSA) is 28.2 Å². The molecular weight excluding hydrogens is 445 g/mol. The smallest absolute Gasteiger partial charge is 0.155 e. The van der Waals surface area contributed by atoms with E-state index in [1.54, 1.807) is 6.20 Å². The van der Waals surface area contributed by atoms with Gasteiger partial charge in [-0.1, -0.05) is 68.7 Å². The van der Waals surface area contributed by atoms with Crippen LogP contribution in [0.2, 0.25) is 0 Å². The summed E-state index contributed by atoms with van der Waals surface area (Å²) in [6.07, 6.45) is 12.4. The number of allylic oxidation sites excluding steroid dienone is 1. The number of hydrogen-bond donors (Lipinski definition) is 1. The average Bonchev–Trinajstić information content (AvgIpc) is 2.85. The second-order valence-corrected chi connectivity index (χ2v) is 11.0. The van der Waals surface area contributed by atoms with E-state index >= 15 is 4.39 Å². The third-order valence-electron chi connectivity index (χ3n) is 8.17. The number of alkyl halides is 1. The quantitative estimate of drug-likeness (QED) is 0.411. The molecule has 2 fully saturated rings. The van der Waals surface area contributed by atoms with Crippen LogP contribution in [0.1, 0.15) is 92.3 Å². The van der Waals surface area contributed by atoms with Gasteiger partial charge in [0.15, 0.2) is 5.67 Å². The van der Waals surface area contributed by atoms with Crippen molar-refractivity contribution in [3.63, 3.8) is 0 Å². The summed E-state index contributed by atoms with van der Waals surface area (Å²) >= 11 is 0. The Morgan fingerprint density at radius 1 is 1.17 bits per heavy atom. The van der Waals surface area contributed by atoms with E-state index in [4.69, 9.17) is 0 Å². The van der Waals surface area contributed by atoms with Gasteiger partial charge in [-0.2, -0.15) is 0 Å². The van der Waals surface area contributed by atoms with Crippen molar-refractivity contribution in [2.24, 2.45) is 5.92 Å². The fraction of sp³-hybridized carbons (Fsp3) is 0.531. The van der Waals surface area contributed by atoms with Gasteiger partial charge in [-0.25, -0.2) is 4.39 Å². The van der Waals surface area contributed by atoms with E-state index in [1.807, 2.05) is 12.1 Å². The Kier molecular flexibility index (Phi) is 8.66. The Morgan fingerprint density at radius 3 is 2.53 bits per heavy atom. The number of benzene rings is 1. The zero-order valence-electron chi connectivity index (χ0n) is 22.7. The van der Waals surface area contributed by atoms with Crippen LogP contribution >= 0.6 is 0 Å². The molecule has 0 saturated carbocycles. The van der Waals surface area contributed by atoms with Crippen LogP contribution in [0.15, 0.2) is 42.7 Å². The summed E-state index contributed by atoms with van der Waals surface area (Å²) in [6.45, 7) is 15.2. The molecule has 0 aliphatic carbocycles. The highest BCUT2D eigenvalue weighted by Gasteiger charge is 2.39. The van der Waals surface area contributed by atoms with Crippen molar-refractivity contribution < 1.29 is 4.39 Å². The average molecular weight is 490 g/mol. The molecule has 2 atom stereocenters. The molecule has 2 saturated heterocycles. The van der Waals surface area contributed by atoms with Gasteiger partial charge in [-0.3, -0.25) is 9.88 Å². The van der Waals surface area contributed by atoms with Crippen LogP contribution in [0.5, 0.6) is 0 Å². The number of piperidine rings is 2. The molecular formula is C32H44FN3. The van der Waals surface area contributed by atoms with E-state index in [0.29, 0.717) is 30.5 Å². The lowest BCUT2D eigenvalue weighted by atomic mass is 9.83. The molecule has 3 heterocycles. The summed E-state index contributed by atoms with van der Waals surface area (Å²) in [4.78, 5) is 7.03. The molecule has 2 aliphatic rings. The largest absolute Gasteiger partial charge is 0.385 e. The number of likely N-dealkylation sites (tertiary alicyclic amines) is 1. The number of nitrogens with one attached hydrogen (secondary N) is 1. The Bertz CT molecular complexity index is 1060. The van der Waals surface area contributed by atoms with Crippen LogP contribution < -0.4 is 5.32 Å². The molecule has 4 rings (SSSR count). The summed E-state index contributed by atoms with van der Waals surface area (Å²) in [5, 5.41) is 3.81. The molecule has 2 aromatic rings. The molecule has 0 spiro atoms. The Labute approximate surface area is 217 Å². The molecule has 0 amide bonds. The maximum atomic E-state index is 16.6. The molecule has 36 heavy (non-hydrogen) atoms. The van der Waals surface area contributed by atoms with Crippen molar-refractivity contribution in [3.8, 4) is 0 Å². The number of halogens is 1. The number of aryl methyl sites for hydroxylation is 2. The predicted molar refractivity (Wildman–Crippen MR) is 150 cm³/mol. The highest BCUT2D eigenvalue weighted by molar-refractivity contribution is 5.68. The van der Waals surface area contributed by atoms with Gasteiger partial charge in [0, 0.05) is 43.1 Å². The number of aromatic nitrogens is 1. The molecule has 1 aromatic heterocycles. The third-order valence-corrected chi connectivity index (χ3v) is 8.17. The van der Waals surface area contributed by atoms with Crippen LogP contribution in [-0.2, 0) is 12.2 Å². The summed E-state index contributed by atoms with van der Waals surface area (Å²) < 4.78 is 16.6. The van der Waals surface area contributed by atoms with Gasteiger partial charge >= 0.3 is 0 Å². The van der Waals surface area contributed by atoms with Crippen molar-refractivity contribution in [2.45, 2.75) is 90.9 Å². The normalized spacial score (nSPS) is 23.4. The molecule has 2 aliphatic heterocycles. The third kappa shape index (κ3) is 6.08. The van der Waals surface area contributed by atoms with Gasteiger partial charge in [0.2, 0.25) is 0 Å². The lowest BCUT2D eigenvalue weighted by Gasteiger charge is -2.37. The number of rotatable bonds is 8. The van der Waals surface area contributed by atoms with Crippen LogP contribution in [0.25, 0.3) is 12.2 Å². The van der Waals surface area contributed by atoms with E-state index in [0.717, 1.165) is 37.2 Å². The van der Waals surface area contributed by atoms with Gasteiger partial charge < -0.3 is 5.32 Å². The second-order valence-electron chi connectivity index (χ2n) is 11.0.